The van der Waals surface area contributed by atoms with E-state index in [4.69, 9.17) is 16.1 Å². The molecule has 27 heavy (non-hydrogen) atoms. The van der Waals surface area contributed by atoms with Gasteiger partial charge in [-0.2, -0.15) is 9.29 Å². The molecule has 3 aromatic rings. The SMILES string of the molecule is O=S(=O)(c1ccc(Cl)cc1)N1CCCC1c1nc(-c2ccc(F)cc2)no1. The van der Waals surface area contributed by atoms with E-state index in [1.54, 1.807) is 24.3 Å². The van der Waals surface area contributed by atoms with E-state index in [2.05, 4.69) is 10.1 Å². The smallest absolute Gasteiger partial charge is 0.245 e. The van der Waals surface area contributed by atoms with Crippen molar-refractivity contribution in [2.45, 2.75) is 23.8 Å². The summed E-state index contributed by atoms with van der Waals surface area (Å²) in [5.74, 6) is 0.156. The fourth-order valence-electron chi connectivity index (χ4n) is 3.10. The van der Waals surface area contributed by atoms with E-state index in [0.29, 0.717) is 35.8 Å². The Morgan fingerprint density at radius 3 is 2.52 bits per heavy atom. The van der Waals surface area contributed by atoms with Crippen LogP contribution >= 0.6 is 11.6 Å². The summed E-state index contributed by atoms with van der Waals surface area (Å²) in [5, 5.41) is 4.38. The fourth-order valence-corrected chi connectivity index (χ4v) is 4.88. The Hall–Kier alpha value is -2.29. The molecule has 1 atom stereocenters. The lowest BCUT2D eigenvalue weighted by atomic mass is 10.2. The van der Waals surface area contributed by atoms with Gasteiger partial charge in [0.25, 0.3) is 0 Å². The molecule has 9 heteroatoms. The predicted molar refractivity (Wildman–Crippen MR) is 97.0 cm³/mol. The lowest BCUT2D eigenvalue weighted by Gasteiger charge is -2.21. The van der Waals surface area contributed by atoms with E-state index in [1.807, 2.05) is 0 Å². The molecule has 0 radical (unpaired) electrons. The van der Waals surface area contributed by atoms with Crippen molar-refractivity contribution in [3.8, 4) is 11.4 Å². The molecule has 0 amide bonds. The normalized spacial score (nSPS) is 18.1. The fraction of sp³-hybridized carbons (Fsp3) is 0.222. The molecule has 0 saturated carbocycles. The third-order valence-electron chi connectivity index (χ3n) is 4.45. The maximum absolute atomic E-state index is 13.1. The Kier molecular flexibility index (Phi) is 4.71. The van der Waals surface area contributed by atoms with Crippen LogP contribution in [0.2, 0.25) is 5.02 Å². The average molecular weight is 408 g/mol. The lowest BCUT2D eigenvalue weighted by molar-refractivity contribution is 0.290. The Morgan fingerprint density at radius 2 is 1.81 bits per heavy atom. The Labute approximate surface area is 160 Å². The van der Waals surface area contributed by atoms with Gasteiger partial charge in [-0.15, -0.1) is 0 Å². The van der Waals surface area contributed by atoms with Crippen LogP contribution in [0.25, 0.3) is 11.4 Å². The molecule has 1 aliphatic heterocycles. The molecule has 1 fully saturated rings. The Balaban J connectivity index is 1.64. The van der Waals surface area contributed by atoms with Crippen molar-refractivity contribution in [3.63, 3.8) is 0 Å². The van der Waals surface area contributed by atoms with Crippen LogP contribution in [0.3, 0.4) is 0 Å². The van der Waals surface area contributed by atoms with E-state index in [0.717, 1.165) is 0 Å². The van der Waals surface area contributed by atoms with Crippen LogP contribution in [0.5, 0.6) is 0 Å². The minimum absolute atomic E-state index is 0.164. The highest BCUT2D eigenvalue weighted by molar-refractivity contribution is 7.89. The molecule has 0 bridgehead atoms. The second-order valence-electron chi connectivity index (χ2n) is 6.19. The van der Waals surface area contributed by atoms with Crippen LogP contribution in [0.1, 0.15) is 24.8 Å². The summed E-state index contributed by atoms with van der Waals surface area (Å²) in [5.41, 5.74) is 0.594. The Bertz CT molecular complexity index is 1050. The first-order valence-electron chi connectivity index (χ1n) is 8.32. The number of nitrogens with zero attached hydrogens (tertiary/aromatic N) is 3. The summed E-state index contributed by atoms with van der Waals surface area (Å²) in [7, 11) is -3.72. The first-order valence-corrected chi connectivity index (χ1v) is 10.1. The second kappa shape index (κ2) is 7.03. The molecule has 140 valence electrons. The van der Waals surface area contributed by atoms with Crippen LogP contribution in [0, 0.1) is 5.82 Å². The summed E-state index contributed by atoms with van der Waals surface area (Å²) in [6, 6.07) is 11.2. The van der Waals surface area contributed by atoms with E-state index >= 15 is 0 Å². The summed E-state index contributed by atoms with van der Waals surface area (Å²) in [6.07, 6.45) is 1.27. The monoisotopic (exact) mass is 407 g/mol. The molecule has 2 heterocycles. The van der Waals surface area contributed by atoms with E-state index in [1.165, 1.54) is 28.6 Å². The molecule has 6 nitrogen and oxygen atoms in total. The topological polar surface area (TPSA) is 76.3 Å². The number of hydrogen-bond acceptors (Lipinski definition) is 5. The molecule has 4 rings (SSSR count). The molecule has 1 unspecified atom stereocenters. The van der Waals surface area contributed by atoms with Crippen molar-refractivity contribution in [2.24, 2.45) is 0 Å². The highest BCUT2D eigenvalue weighted by Crippen LogP contribution is 2.36. The number of hydrogen-bond donors (Lipinski definition) is 0. The van der Waals surface area contributed by atoms with E-state index in [-0.39, 0.29) is 16.6 Å². The van der Waals surface area contributed by atoms with Gasteiger partial charge in [0.05, 0.1) is 4.90 Å². The minimum Gasteiger partial charge on any atom is -0.337 e. The van der Waals surface area contributed by atoms with E-state index < -0.39 is 16.1 Å². The lowest BCUT2D eigenvalue weighted by Crippen LogP contribution is -2.30. The van der Waals surface area contributed by atoms with Gasteiger partial charge in [-0.25, -0.2) is 12.8 Å². The molecular weight excluding hydrogens is 393 g/mol. The first-order chi connectivity index (χ1) is 12.9. The second-order valence-corrected chi connectivity index (χ2v) is 8.52. The summed E-state index contributed by atoms with van der Waals surface area (Å²) in [4.78, 5) is 4.50. The highest BCUT2D eigenvalue weighted by Gasteiger charge is 2.39. The zero-order valence-corrected chi connectivity index (χ0v) is 15.6. The van der Waals surface area contributed by atoms with Gasteiger partial charge in [-0.05, 0) is 61.4 Å². The number of benzene rings is 2. The predicted octanol–water partition coefficient (Wildman–Crippen LogP) is 4.05. The quantitative estimate of drug-likeness (QED) is 0.652. The van der Waals surface area contributed by atoms with Crippen molar-refractivity contribution in [3.05, 3.63) is 65.3 Å². The van der Waals surface area contributed by atoms with Crippen molar-refractivity contribution in [1.29, 1.82) is 0 Å². The first kappa shape index (κ1) is 18.1. The summed E-state index contributed by atoms with van der Waals surface area (Å²) in [6.45, 7) is 0.365. The van der Waals surface area contributed by atoms with Gasteiger partial charge in [0.2, 0.25) is 21.7 Å². The maximum atomic E-state index is 13.1. The van der Waals surface area contributed by atoms with Crippen LogP contribution in [-0.4, -0.2) is 29.4 Å². The third kappa shape index (κ3) is 3.47. The van der Waals surface area contributed by atoms with Gasteiger partial charge < -0.3 is 4.52 Å². The van der Waals surface area contributed by atoms with Crippen molar-refractivity contribution in [2.75, 3.05) is 6.54 Å². The van der Waals surface area contributed by atoms with Gasteiger partial charge in [0.1, 0.15) is 11.9 Å². The number of sulfonamides is 1. The molecule has 0 spiro atoms. The number of rotatable bonds is 4. The standard InChI is InChI=1S/C18H15ClFN3O3S/c19-13-5-9-15(10-6-13)27(24,25)23-11-1-2-16(23)18-21-17(22-26-18)12-3-7-14(20)8-4-12/h3-10,16H,1-2,11H2. The third-order valence-corrected chi connectivity index (χ3v) is 6.63. The van der Waals surface area contributed by atoms with Crippen molar-refractivity contribution >= 4 is 21.6 Å². The zero-order valence-electron chi connectivity index (χ0n) is 14.0. The largest absolute Gasteiger partial charge is 0.337 e. The van der Waals surface area contributed by atoms with Crippen LogP contribution in [0.4, 0.5) is 4.39 Å². The van der Waals surface area contributed by atoms with Gasteiger partial charge in [-0.1, -0.05) is 16.8 Å². The molecule has 0 aliphatic carbocycles. The van der Waals surface area contributed by atoms with Gasteiger partial charge >= 0.3 is 0 Å². The molecular formula is C18H15ClFN3O3S. The van der Waals surface area contributed by atoms with Crippen LogP contribution < -0.4 is 0 Å². The average Bonchev–Trinajstić information content (AvgIpc) is 3.32. The molecule has 2 aromatic carbocycles. The van der Waals surface area contributed by atoms with Crippen LogP contribution in [-0.2, 0) is 10.0 Å². The van der Waals surface area contributed by atoms with Crippen molar-refractivity contribution < 1.29 is 17.3 Å². The number of aromatic nitrogens is 2. The molecule has 1 aromatic heterocycles. The summed E-state index contributed by atoms with van der Waals surface area (Å²) >= 11 is 5.85. The van der Waals surface area contributed by atoms with Crippen molar-refractivity contribution in [1.82, 2.24) is 14.4 Å². The number of halogens is 2. The van der Waals surface area contributed by atoms with Gasteiger partial charge in [-0.3, -0.25) is 0 Å². The molecule has 0 N–H and O–H groups in total. The van der Waals surface area contributed by atoms with Gasteiger partial charge in [0, 0.05) is 17.1 Å². The maximum Gasteiger partial charge on any atom is 0.245 e. The van der Waals surface area contributed by atoms with Gasteiger partial charge in [0.15, 0.2) is 0 Å². The van der Waals surface area contributed by atoms with E-state index in [9.17, 15) is 12.8 Å². The highest BCUT2D eigenvalue weighted by atomic mass is 35.5. The Morgan fingerprint density at radius 1 is 1.11 bits per heavy atom. The summed E-state index contributed by atoms with van der Waals surface area (Å²) < 4.78 is 45.8. The zero-order chi connectivity index (χ0) is 19.0. The van der Waals surface area contributed by atoms with Crippen LogP contribution in [0.15, 0.2) is 57.9 Å². The molecule has 1 saturated heterocycles. The minimum atomic E-state index is -3.72. The molecule has 1 aliphatic rings.